The second kappa shape index (κ2) is 13.1. The molecule has 0 saturated heterocycles. The minimum absolute atomic E-state index is 0. The number of halogens is 4. The van der Waals surface area contributed by atoms with Gasteiger partial charge >= 0.3 is 6.18 Å². The number of hydrogen-bond acceptors (Lipinski definition) is 5. The summed E-state index contributed by atoms with van der Waals surface area (Å²) in [6.45, 7) is -0.447. The summed E-state index contributed by atoms with van der Waals surface area (Å²) in [7, 11) is 6.28. The summed E-state index contributed by atoms with van der Waals surface area (Å²) in [6, 6.07) is 10.0. The predicted octanol–water partition coefficient (Wildman–Crippen LogP) is 4.14. The Morgan fingerprint density at radius 2 is 1.41 bits per heavy atom. The first-order valence-electron chi connectivity index (χ1n) is 9.31. The average molecular weight is 569 g/mol. The second-order valence-electron chi connectivity index (χ2n) is 6.36. The molecule has 0 amide bonds. The van der Waals surface area contributed by atoms with Crippen LogP contribution in [0.2, 0.25) is 0 Å². The average Bonchev–Trinajstić information content (AvgIpc) is 2.77. The molecule has 0 unspecified atom stereocenters. The highest BCUT2D eigenvalue weighted by atomic mass is 127. The van der Waals surface area contributed by atoms with E-state index in [1.54, 1.807) is 40.5 Å². The van der Waals surface area contributed by atoms with E-state index in [-0.39, 0.29) is 29.7 Å². The van der Waals surface area contributed by atoms with Gasteiger partial charge in [0, 0.05) is 20.1 Å². The molecule has 0 aliphatic heterocycles. The van der Waals surface area contributed by atoms with Gasteiger partial charge < -0.3 is 29.6 Å². The molecular formula is C21H27F3IN3O4. The third-order valence-corrected chi connectivity index (χ3v) is 4.19. The smallest absolute Gasteiger partial charge is 0.422 e. The molecule has 2 aromatic carbocycles. The summed E-state index contributed by atoms with van der Waals surface area (Å²) >= 11 is 0. The van der Waals surface area contributed by atoms with Crippen LogP contribution in [0.5, 0.6) is 23.0 Å². The van der Waals surface area contributed by atoms with Crippen molar-refractivity contribution in [1.29, 1.82) is 0 Å². The van der Waals surface area contributed by atoms with Gasteiger partial charge in [0.25, 0.3) is 0 Å². The lowest BCUT2D eigenvalue weighted by Crippen LogP contribution is -2.36. The molecule has 2 rings (SSSR count). The molecule has 2 aromatic rings. The maximum Gasteiger partial charge on any atom is 0.422 e. The summed E-state index contributed by atoms with van der Waals surface area (Å²) < 4.78 is 57.4. The Morgan fingerprint density at radius 3 is 1.84 bits per heavy atom. The summed E-state index contributed by atoms with van der Waals surface area (Å²) in [4.78, 5) is 4.17. The number of nitrogens with one attached hydrogen (secondary N) is 2. The minimum Gasteiger partial charge on any atom is -0.493 e. The van der Waals surface area contributed by atoms with Crippen LogP contribution >= 0.6 is 24.0 Å². The molecule has 0 fully saturated rings. The van der Waals surface area contributed by atoms with Crippen LogP contribution < -0.4 is 29.6 Å². The van der Waals surface area contributed by atoms with Crippen LogP contribution in [-0.4, -0.2) is 47.1 Å². The second-order valence-corrected chi connectivity index (χ2v) is 6.36. The van der Waals surface area contributed by atoms with Crippen LogP contribution in [-0.2, 0) is 13.1 Å². The number of benzene rings is 2. The molecule has 2 N–H and O–H groups in total. The first kappa shape index (κ1) is 27.5. The highest BCUT2D eigenvalue weighted by Gasteiger charge is 2.28. The van der Waals surface area contributed by atoms with E-state index in [4.69, 9.17) is 18.9 Å². The quantitative estimate of drug-likeness (QED) is 0.269. The molecule has 0 aliphatic rings. The fourth-order valence-electron chi connectivity index (χ4n) is 2.70. The Hall–Kier alpha value is -2.57. The van der Waals surface area contributed by atoms with Crippen molar-refractivity contribution in [2.75, 3.05) is 35.0 Å². The van der Waals surface area contributed by atoms with Crippen molar-refractivity contribution in [2.45, 2.75) is 19.3 Å². The van der Waals surface area contributed by atoms with E-state index in [1.807, 2.05) is 12.1 Å². The third-order valence-electron chi connectivity index (χ3n) is 4.19. The Bertz CT molecular complexity index is 853. The number of aliphatic imine (C=N–C) groups is 1. The molecule has 0 bridgehead atoms. The highest BCUT2D eigenvalue weighted by molar-refractivity contribution is 14.0. The molecule has 0 aliphatic carbocycles. The number of guanidine groups is 1. The molecule has 0 saturated carbocycles. The molecule has 32 heavy (non-hydrogen) atoms. The Labute approximate surface area is 202 Å². The molecule has 0 spiro atoms. The predicted molar refractivity (Wildman–Crippen MR) is 127 cm³/mol. The largest absolute Gasteiger partial charge is 0.493 e. The van der Waals surface area contributed by atoms with Crippen LogP contribution in [0.25, 0.3) is 0 Å². The van der Waals surface area contributed by atoms with Gasteiger partial charge in [-0.05, 0) is 35.4 Å². The van der Waals surface area contributed by atoms with E-state index >= 15 is 0 Å². The number of ether oxygens (including phenoxy) is 4. The van der Waals surface area contributed by atoms with E-state index in [0.717, 1.165) is 11.1 Å². The fourth-order valence-corrected chi connectivity index (χ4v) is 2.70. The monoisotopic (exact) mass is 569 g/mol. The van der Waals surface area contributed by atoms with Crippen molar-refractivity contribution >= 4 is 29.9 Å². The summed E-state index contributed by atoms with van der Waals surface area (Å²) in [5, 5.41) is 6.32. The zero-order chi connectivity index (χ0) is 22.9. The zero-order valence-electron chi connectivity index (χ0n) is 18.2. The van der Waals surface area contributed by atoms with E-state index in [1.165, 1.54) is 12.1 Å². The van der Waals surface area contributed by atoms with Crippen molar-refractivity contribution in [2.24, 2.45) is 4.99 Å². The maximum atomic E-state index is 12.2. The number of hydrogen-bond donors (Lipinski definition) is 2. The van der Waals surface area contributed by atoms with Gasteiger partial charge in [-0.15, -0.1) is 24.0 Å². The van der Waals surface area contributed by atoms with E-state index in [9.17, 15) is 13.2 Å². The first-order chi connectivity index (χ1) is 14.8. The van der Waals surface area contributed by atoms with Gasteiger partial charge in [-0.2, -0.15) is 13.2 Å². The molecular weight excluding hydrogens is 542 g/mol. The third kappa shape index (κ3) is 8.52. The van der Waals surface area contributed by atoms with Gasteiger partial charge in [0.05, 0.1) is 21.3 Å². The molecule has 0 radical (unpaired) electrons. The topological polar surface area (TPSA) is 73.3 Å². The lowest BCUT2D eigenvalue weighted by Gasteiger charge is -2.16. The van der Waals surface area contributed by atoms with Gasteiger partial charge in [0.2, 0.25) is 5.75 Å². The van der Waals surface area contributed by atoms with Gasteiger partial charge in [-0.3, -0.25) is 4.99 Å². The number of methoxy groups -OCH3 is 3. The molecule has 0 aromatic heterocycles. The van der Waals surface area contributed by atoms with Crippen molar-refractivity contribution in [3.05, 3.63) is 47.5 Å². The van der Waals surface area contributed by atoms with Gasteiger partial charge in [0.15, 0.2) is 24.1 Å². The molecule has 7 nitrogen and oxygen atoms in total. The maximum absolute atomic E-state index is 12.2. The summed E-state index contributed by atoms with van der Waals surface area (Å²) in [6.07, 6.45) is -4.36. The summed E-state index contributed by atoms with van der Waals surface area (Å²) in [5.74, 6) is 2.32. The van der Waals surface area contributed by atoms with Crippen LogP contribution in [0.1, 0.15) is 11.1 Å². The van der Waals surface area contributed by atoms with Crippen LogP contribution in [0.4, 0.5) is 13.2 Å². The van der Waals surface area contributed by atoms with Crippen LogP contribution in [0, 0.1) is 0 Å². The molecule has 0 atom stereocenters. The van der Waals surface area contributed by atoms with Crippen LogP contribution in [0.3, 0.4) is 0 Å². The fraction of sp³-hybridized carbons (Fsp3) is 0.381. The highest BCUT2D eigenvalue weighted by Crippen LogP contribution is 2.38. The summed E-state index contributed by atoms with van der Waals surface area (Å²) in [5.41, 5.74) is 1.75. The van der Waals surface area contributed by atoms with Crippen molar-refractivity contribution in [1.82, 2.24) is 10.6 Å². The number of alkyl halides is 3. The zero-order valence-corrected chi connectivity index (χ0v) is 20.5. The van der Waals surface area contributed by atoms with Gasteiger partial charge in [-0.25, -0.2) is 0 Å². The van der Waals surface area contributed by atoms with E-state index in [2.05, 4.69) is 15.6 Å². The van der Waals surface area contributed by atoms with Gasteiger partial charge in [0.1, 0.15) is 5.75 Å². The normalized spacial score (nSPS) is 11.3. The molecule has 11 heteroatoms. The minimum atomic E-state index is -4.36. The lowest BCUT2D eigenvalue weighted by molar-refractivity contribution is -0.153. The van der Waals surface area contributed by atoms with Crippen LogP contribution in [0.15, 0.2) is 41.4 Å². The Morgan fingerprint density at radius 1 is 0.875 bits per heavy atom. The van der Waals surface area contributed by atoms with Gasteiger partial charge in [-0.1, -0.05) is 12.1 Å². The molecule has 0 heterocycles. The number of nitrogens with zero attached hydrogens (tertiary/aromatic N) is 1. The number of rotatable bonds is 9. The lowest BCUT2D eigenvalue weighted by atomic mass is 10.2. The molecule has 178 valence electrons. The SMILES string of the molecule is CN=C(NCc1ccc(OCC(F)(F)F)cc1)NCc1cc(OC)c(OC)c(OC)c1.I. The first-order valence-corrected chi connectivity index (χ1v) is 9.31. The van der Waals surface area contributed by atoms with E-state index < -0.39 is 12.8 Å². The Kier molecular flexibility index (Phi) is 11.2. The van der Waals surface area contributed by atoms with E-state index in [0.29, 0.717) is 36.3 Å². The van der Waals surface area contributed by atoms with Crippen molar-refractivity contribution < 1.29 is 32.1 Å². The standard InChI is InChI=1S/C21H26F3N3O4.HI/c1-25-20(26-11-14-5-7-16(8-6-14)31-13-21(22,23)24)27-12-15-9-17(28-2)19(30-4)18(10-15)29-3;/h5-10H,11-13H2,1-4H3,(H2,25,26,27);1H. The Balaban J connectivity index is 0.00000512. The van der Waals surface area contributed by atoms with Crippen molar-refractivity contribution in [3.63, 3.8) is 0 Å². The van der Waals surface area contributed by atoms with Crippen molar-refractivity contribution in [3.8, 4) is 23.0 Å².